The van der Waals surface area contributed by atoms with Gasteiger partial charge in [0.25, 0.3) is 5.91 Å². The van der Waals surface area contributed by atoms with E-state index in [1.165, 1.54) is 0 Å². The molecule has 2 atom stereocenters. The molecule has 1 aromatic heterocycles. The minimum atomic E-state index is -0.574. The van der Waals surface area contributed by atoms with Crippen molar-refractivity contribution in [2.24, 2.45) is 0 Å². The van der Waals surface area contributed by atoms with Gasteiger partial charge in [-0.25, -0.2) is 0 Å². The normalized spacial score (nSPS) is 17.6. The highest BCUT2D eigenvalue weighted by atomic mass is 16.5. The van der Waals surface area contributed by atoms with E-state index in [1.54, 1.807) is 18.0 Å². The van der Waals surface area contributed by atoms with Gasteiger partial charge in [-0.3, -0.25) is 9.59 Å². The van der Waals surface area contributed by atoms with Crippen LogP contribution in [-0.2, 0) is 4.79 Å². The number of likely N-dealkylation sites (N-methyl/N-ethyl adjacent to an activating group) is 1. The Morgan fingerprint density at radius 3 is 2.52 bits per heavy atom. The van der Waals surface area contributed by atoms with Crippen LogP contribution in [0.25, 0.3) is 10.9 Å². The fourth-order valence-corrected chi connectivity index (χ4v) is 4.71. The zero-order chi connectivity index (χ0) is 22.9. The lowest BCUT2D eigenvalue weighted by Gasteiger charge is -2.39. The summed E-state index contributed by atoms with van der Waals surface area (Å²) in [6.07, 6.45) is 1.91. The van der Waals surface area contributed by atoms with E-state index in [0.717, 1.165) is 27.8 Å². The molecule has 1 aliphatic heterocycles. The number of carbonyl (C=O) groups excluding carboxylic acids is 2. The van der Waals surface area contributed by atoms with Crippen molar-refractivity contribution in [1.82, 2.24) is 9.88 Å². The SMILES string of the molecule is CCOc1ccc(NC(=O)[C@@H]2c3ccccc3C(=O)N(C)[C@@H]2c2c[nH]c3ccccc23)cc1. The number of benzene rings is 3. The topological polar surface area (TPSA) is 74.4 Å². The molecule has 0 saturated heterocycles. The molecule has 5 rings (SSSR count). The number of amides is 2. The fraction of sp³-hybridized carbons (Fsp3) is 0.185. The summed E-state index contributed by atoms with van der Waals surface area (Å²) < 4.78 is 5.50. The minimum absolute atomic E-state index is 0.0917. The summed E-state index contributed by atoms with van der Waals surface area (Å²) in [7, 11) is 1.77. The standard InChI is InChI=1S/C27H25N3O3/c1-3-33-18-14-12-17(13-15-18)29-26(31)24-20-9-4-5-10-21(20)27(32)30(2)25(24)22-16-28-23-11-7-6-8-19(22)23/h4-16,24-25,28H,3H2,1-2H3,(H,29,31)/t24-,25-/m1/s1. The van der Waals surface area contributed by atoms with Gasteiger partial charge < -0.3 is 19.9 Å². The number of carbonyl (C=O) groups is 2. The van der Waals surface area contributed by atoms with Crippen LogP contribution in [0.4, 0.5) is 5.69 Å². The Balaban J connectivity index is 1.58. The first-order valence-corrected chi connectivity index (χ1v) is 11.0. The maximum atomic E-state index is 13.7. The van der Waals surface area contributed by atoms with Crippen molar-refractivity contribution in [2.75, 3.05) is 19.0 Å². The minimum Gasteiger partial charge on any atom is -0.494 e. The highest BCUT2D eigenvalue weighted by Gasteiger charge is 2.43. The third-order valence-corrected chi connectivity index (χ3v) is 6.23. The smallest absolute Gasteiger partial charge is 0.254 e. The lowest BCUT2D eigenvalue weighted by atomic mass is 9.79. The van der Waals surface area contributed by atoms with Crippen LogP contribution in [0.3, 0.4) is 0 Å². The van der Waals surface area contributed by atoms with Gasteiger partial charge in [-0.15, -0.1) is 0 Å². The van der Waals surface area contributed by atoms with Crippen molar-refractivity contribution < 1.29 is 14.3 Å². The van der Waals surface area contributed by atoms with Crippen LogP contribution >= 0.6 is 0 Å². The van der Waals surface area contributed by atoms with Crippen LogP contribution in [0, 0.1) is 0 Å². The van der Waals surface area contributed by atoms with Crippen LogP contribution in [0.5, 0.6) is 5.75 Å². The van der Waals surface area contributed by atoms with Crippen LogP contribution in [0.2, 0.25) is 0 Å². The highest BCUT2D eigenvalue weighted by molar-refractivity contribution is 6.05. The van der Waals surface area contributed by atoms with Gasteiger partial charge in [-0.2, -0.15) is 0 Å². The van der Waals surface area contributed by atoms with E-state index in [0.29, 0.717) is 17.9 Å². The number of fused-ring (bicyclic) bond motifs is 2. The third-order valence-electron chi connectivity index (χ3n) is 6.23. The predicted molar refractivity (Wildman–Crippen MR) is 129 cm³/mol. The van der Waals surface area contributed by atoms with Gasteiger partial charge in [0.2, 0.25) is 5.91 Å². The first kappa shape index (κ1) is 20.8. The number of aromatic amines is 1. The molecule has 1 aliphatic rings. The monoisotopic (exact) mass is 439 g/mol. The number of nitrogens with one attached hydrogen (secondary N) is 2. The molecule has 0 aliphatic carbocycles. The summed E-state index contributed by atoms with van der Waals surface area (Å²) >= 11 is 0. The fourth-order valence-electron chi connectivity index (χ4n) is 4.71. The van der Waals surface area contributed by atoms with Crippen LogP contribution in [0.1, 0.15) is 40.4 Å². The Morgan fingerprint density at radius 2 is 1.73 bits per heavy atom. The molecule has 2 amide bonds. The number of hydrogen-bond donors (Lipinski definition) is 2. The van der Waals surface area contributed by atoms with E-state index >= 15 is 0 Å². The summed E-state index contributed by atoms with van der Waals surface area (Å²) in [4.78, 5) is 32.0. The van der Waals surface area contributed by atoms with Crippen molar-refractivity contribution in [2.45, 2.75) is 18.9 Å². The number of ether oxygens (including phenoxy) is 1. The lowest BCUT2D eigenvalue weighted by molar-refractivity contribution is -0.119. The van der Waals surface area contributed by atoms with Gasteiger partial charge in [-0.05, 0) is 48.9 Å². The van der Waals surface area contributed by atoms with Gasteiger partial charge in [0.05, 0.1) is 18.6 Å². The van der Waals surface area contributed by atoms with Crippen molar-refractivity contribution >= 4 is 28.4 Å². The number of nitrogens with zero attached hydrogens (tertiary/aromatic N) is 1. The number of para-hydroxylation sites is 1. The molecule has 2 N–H and O–H groups in total. The average molecular weight is 440 g/mol. The number of hydrogen-bond acceptors (Lipinski definition) is 3. The van der Waals surface area contributed by atoms with Crippen molar-refractivity contribution in [1.29, 1.82) is 0 Å². The molecule has 6 nitrogen and oxygen atoms in total. The van der Waals surface area contributed by atoms with E-state index in [1.807, 2.05) is 79.9 Å². The zero-order valence-corrected chi connectivity index (χ0v) is 18.5. The van der Waals surface area contributed by atoms with Crippen molar-refractivity contribution in [3.63, 3.8) is 0 Å². The molecule has 166 valence electrons. The molecular weight excluding hydrogens is 414 g/mol. The molecule has 0 bridgehead atoms. The molecular formula is C27H25N3O3. The second-order valence-corrected chi connectivity index (χ2v) is 8.16. The number of anilines is 1. The van der Waals surface area contributed by atoms with Gasteiger partial charge in [0.1, 0.15) is 5.75 Å². The molecule has 33 heavy (non-hydrogen) atoms. The summed E-state index contributed by atoms with van der Waals surface area (Å²) in [5.41, 5.74) is 3.86. The number of rotatable bonds is 5. The Hall–Kier alpha value is -4.06. The average Bonchev–Trinajstić information content (AvgIpc) is 3.26. The summed E-state index contributed by atoms with van der Waals surface area (Å²) in [5, 5.41) is 4.05. The number of H-pyrrole nitrogens is 1. The molecule has 0 saturated carbocycles. The maximum absolute atomic E-state index is 13.7. The number of aromatic nitrogens is 1. The predicted octanol–water partition coefficient (Wildman–Crippen LogP) is 5.12. The Morgan fingerprint density at radius 1 is 1.00 bits per heavy atom. The quantitative estimate of drug-likeness (QED) is 0.453. The molecule has 0 radical (unpaired) electrons. The summed E-state index contributed by atoms with van der Waals surface area (Å²) in [5.74, 6) is -0.0811. The summed E-state index contributed by atoms with van der Waals surface area (Å²) in [6, 6.07) is 22.2. The van der Waals surface area contributed by atoms with E-state index in [9.17, 15) is 9.59 Å². The van der Waals surface area contributed by atoms with E-state index in [4.69, 9.17) is 4.74 Å². The molecule has 0 spiro atoms. The van der Waals surface area contributed by atoms with Crippen molar-refractivity contribution in [3.05, 3.63) is 95.7 Å². The van der Waals surface area contributed by atoms with E-state index < -0.39 is 12.0 Å². The zero-order valence-electron chi connectivity index (χ0n) is 18.5. The first-order valence-electron chi connectivity index (χ1n) is 11.0. The maximum Gasteiger partial charge on any atom is 0.254 e. The highest BCUT2D eigenvalue weighted by Crippen LogP contribution is 2.44. The second-order valence-electron chi connectivity index (χ2n) is 8.16. The molecule has 2 heterocycles. The Labute approximate surface area is 192 Å². The van der Waals surface area contributed by atoms with Crippen molar-refractivity contribution in [3.8, 4) is 5.75 Å². The van der Waals surface area contributed by atoms with Gasteiger partial charge in [-0.1, -0.05) is 36.4 Å². The summed E-state index contributed by atoms with van der Waals surface area (Å²) in [6.45, 7) is 2.51. The largest absolute Gasteiger partial charge is 0.494 e. The van der Waals surface area contributed by atoms with E-state index in [2.05, 4.69) is 10.3 Å². The molecule has 4 aromatic rings. The Kier molecular flexibility index (Phi) is 5.34. The van der Waals surface area contributed by atoms with Gasteiger partial charge >= 0.3 is 0 Å². The third kappa shape index (κ3) is 3.63. The Bertz CT molecular complexity index is 1330. The molecule has 6 heteroatoms. The van der Waals surface area contributed by atoms with Gasteiger partial charge in [0, 0.05) is 41.0 Å². The van der Waals surface area contributed by atoms with Crippen LogP contribution < -0.4 is 10.1 Å². The molecule has 3 aromatic carbocycles. The van der Waals surface area contributed by atoms with E-state index in [-0.39, 0.29) is 11.8 Å². The lowest BCUT2D eigenvalue weighted by Crippen LogP contribution is -2.44. The van der Waals surface area contributed by atoms with Gasteiger partial charge in [0.15, 0.2) is 0 Å². The molecule has 0 fully saturated rings. The molecule has 0 unspecified atom stereocenters. The van der Waals surface area contributed by atoms with Crippen LogP contribution in [-0.4, -0.2) is 35.4 Å². The first-order chi connectivity index (χ1) is 16.1. The van der Waals surface area contributed by atoms with Crippen LogP contribution in [0.15, 0.2) is 79.0 Å². The second kappa shape index (κ2) is 8.47.